The van der Waals surface area contributed by atoms with E-state index in [1.54, 1.807) is 20.3 Å². The van der Waals surface area contributed by atoms with E-state index < -0.39 is 7.37 Å². The van der Waals surface area contributed by atoms with Gasteiger partial charge in [0.25, 0.3) is 0 Å². The van der Waals surface area contributed by atoms with E-state index in [1.807, 2.05) is 24.3 Å². The lowest BCUT2D eigenvalue weighted by Crippen LogP contribution is -2.00. The van der Waals surface area contributed by atoms with Crippen LogP contribution in [0.2, 0.25) is 0 Å². The number of rotatable bonds is 11. The van der Waals surface area contributed by atoms with Gasteiger partial charge < -0.3 is 4.52 Å². The minimum Gasteiger partial charge on any atom is -0.329 e. The van der Waals surface area contributed by atoms with Gasteiger partial charge in [0.2, 0.25) is 0 Å². The molecule has 0 amide bonds. The number of carbonyl (C=O) groups excluding carboxylic acids is 2. The highest BCUT2D eigenvalue weighted by atomic mass is 31.2. The van der Waals surface area contributed by atoms with Gasteiger partial charge in [-0.15, -0.1) is 0 Å². The number of allylic oxidation sites excluding steroid dienone is 3. The van der Waals surface area contributed by atoms with Crippen molar-refractivity contribution < 1.29 is 18.7 Å². The molecule has 180 valence electrons. The zero-order valence-corrected chi connectivity index (χ0v) is 21.8. The van der Waals surface area contributed by atoms with Crippen molar-refractivity contribution in [3.05, 3.63) is 75.9 Å². The van der Waals surface area contributed by atoms with Crippen LogP contribution < -0.4 is 0 Å². The maximum Gasteiger partial charge on any atom is 0.197 e. The molecule has 0 N–H and O–H groups in total. The van der Waals surface area contributed by atoms with Crippen molar-refractivity contribution in [3.63, 3.8) is 0 Å². The predicted octanol–water partition coefficient (Wildman–Crippen LogP) is 7.60. The highest BCUT2D eigenvalue weighted by molar-refractivity contribution is 7.57. The molecular weight excluding hydrogens is 443 g/mol. The molecule has 0 spiro atoms. The van der Waals surface area contributed by atoms with Crippen molar-refractivity contribution in [1.29, 1.82) is 0 Å². The lowest BCUT2D eigenvalue weighted by molar-refractivity contribution is -0.118. The second-order valence-electron chi connectivity index (χ2n) is 9.50. The minimum absolute atomic E-state index is 0.0565. The fourth-order valence-electron chi connectivity index (χ4n) is 4.27. The first kappa shape index (κ1) is 26.1. The normalized spacial score (nSPS) is 14.6. The number of fused-ring (bicyclic) bond motifs is 1. The topological polar surface area (TPSA) is 60.4 Å². The van der Waals surface area contributed by atoms with Gasteiger partial charge in [0, 0.05) is 31.7 Å². The largest absolute Gasteiger partial charge is 0.329 e. The van der Waals surface area contributed by atoms with Crippen molar-refractivity contribution in [2.45, 2.75) is 52.9 Å². The molecule has 0 bridgehead atoms. The second-order valence-corrected chi connectivity index (χ2v) is 12.3. The zero-order chi connectivity index (χ0) is 24.9. The monoisotopic (exact) mass is 478 g/mol. The third-order valence-corrected chi connectivity index (χ3v) is 6.96. The van der Waals surface area contributed by atoms with Gasteiger partial charge in [0.05, 0.1) is 6.61 Å². The van der Waals surface area contributed by atoms with E-state index in [9.17, 15) is 14.2 Å². The second kappa shape index (κ2) is 11.3. The Hall–Kier alpha value is -2.55. The zero-order valence-electron chi connectivity index (χ0n) is 20.9. The van der Waals surface area contributed by atoms with Crippen molar-refractivity contribution in [2.24, 2.45) is 0 Å². The van der Waals surface area contributed by atoms with Crippen molar-refractivity contribution in [3.8, 4) is 0 Å². The van der Waals surface area contributed by atoms with Crippen LogP contribution in [0.25, 0.3) is 17.2 Å². The molecular formula is C29H35O4P. The lowest BCUT2D eigenvalue weighted by Gasteiger charge is -2.08. The van der Waals surface area contributed by atoms with Gasteiger partial charge in [-0.1, -0.05) is 54.4 Å². The van der Waals surface area contributed by atoms with Crippen LogP contribution >= 0.6 is 7.37 Å². The molecule has 0 saturated heterocycles. The maximum absolute atomic E-state index is 12.8. The SMILES string of the molecule is CC(=O)c1ccc(C=C2C(C)=C(CC(=O)CCCCCOP(C)(C)=O)c3cc(C)ccc32)cc1. The fraction of sp³-hybridized carbons (Fsp3) is 0.379. The van der Waals surface area contributed by atoms with Crippen molar-refractivity contribution in [2.75, 3.05) is 19.9 Å². The molecule has 1 aliphatic rings. The van der Waals surface area contributed by atoms with E-state index >= 15 is 0 Å². The van der Waals surface area contributed by atoms with Gasteiger partial charge in [0.15, 0.2) is 13.2 Å². The summed E-state index contributed by atoms with van der Waals surface area (Å²) < 4.78 is 16.9. The smallest absolute Gasteiger partial charge is 0.197 e. The Balaban J connectivity index is 1.73. The molecule has 4 nitrogen and oxygen atoms in total. The van der Waals surface area contributed by atoms with E-state index in [-0.39, 0.29) is 11.6 Å². The van der Waals surface area contributed by atoms with Crippen LogP contribution in [0.15, 0.2) is 48.0 Å². The van der Waals surface area contributed by atoms with Crippen LogP contribution in [0, 0.1) is 6.92 Å². The first-order valence-corrected chi connectivity index (χ1v) is 14.4. The first-order chi connectivity index (χ1) is 16.0. The number of Topliss-reactive ketones (excluding diaryl/α,β-unsaturated/α-hetero) is 2. The highest BCUT2D eigenvalue weighted by Gasteiger charge is 2.25. The molecule has 34 heavy (non-hydrogen) atoms. The van der Waals surface area contributed by atoms with Gasteiger partial charge >= 0.3 is 0 Å². The molecule has 0 aliphatic heterocycles. The molecule has 0 radical (unpaired) electrons. The molecule has 0 fully saturated rings. The van der Waals surface area contributed by atoms with Gasteiger partial charge in [-0.3, -0.25) is 14.2 Å². The number of carbonyl (C=O) groups is 2. The summed E-state index contributed by atoms with van der Waals surface area (Å²) in [6.45, 7) is 9.47. The Kier molecular flexibility index (Phi) is 8.62. The third-order valence-electron chi connectivity index (χ3n) is 6.15. The molecule has 0 aromatic heterocycles. The van der Waals surface area contributed by atoms with Gasteiger partial charge in [-0.2, -0.15) is 0 Å². The molecule has 0 atom stereocenters. The number of unbranched alkanes of at least 4 members (excludes halogenated alkanes) is 2. The average molecular weight is 479 g/mol. The van der Waals surface area contributed by atoms with Gasteiger partial charge in [-0.05, 0) is 73.1 Å². The molecule has 0 heterocycles. The van der Waals surface area contributed by atoms with Crippen LogP contribution in [-0.2, 0) is 13.9 Å². The lowest BCUT2D eigenvalue weighted by atomic mass is 9.97. The molecule has 0 unspecified atom stereocenters. The van der Waals surface area contributed by atoms with E-state index in [0.717, 1.165) is 52.7 Å². The standard InChI is InChI=1S/C29H35O4P/c1-20-10-15-26-27(18-23-11-13-24(14-12-23)22(3)30)21(2)28(29(26)17-20)19-25(31)9-7-6-8-16-33-34(4,5)32/h10-15,17-18H,6-9,16,19H2,1-5H3. The number of hydrogen-bond donors (Lipinski definition) is 0. The Morgan fingerprint density at radius 2 is 1.65 bits per heavy atom. The van der Waals surface area contributed by atoms with Crippen LogP contribution in [-0.4, -0.2) is 31.5 Å². The molecule has 5 heteroatoms. The summed E-state index contributed by atoms with van der Waals surface area (Å²) in [7, 11) is -2.43. The Morgan fingerprint density at radius 3 is 2.29 bits per heavy atom. The summed E-state index contributed by atoms with van der Waals surface area (Å²) in [6.07, 6.45) is 5.64. The number of aryl methyl sites for hydroxylation is 1. The number of benzene rings is 2. The van der Waals surface area contributed by atoms with Crippen molar-refractivity contribution >= 4 is 36.2 Å². The fourth-order valence-corrected chi connectivity index (χ4v) is 4.84. The Morgan fingerprint density at radius 1 is 0.941 bits per heavy atom. The van der Waals surface area contributed by atoms with E-state index in [1.165, 1.54) is 5.56 Å². The molecule has 2 aromatic carbocycles. The van der Waals surface area contributed by atoms with Gasteiger partial charge in [0.1, 0.15) is 5.78 Å². The molecule has 3 rings (SSSR count). The van der Waals surface area contributed by atoms with Crippen molar-refractivity contribution in [1.82, 2.24) is 0 Å². The van der Waals surface area contributed by atoms with E-state index in [4.69, 9.17) is 4.52 Å². The summed E-state index contributed by atoms with van der Waals surface area (Å²) in [5, 5.41) is 0. The summed E-state index contributed by atoms with van der Waals surface area (Å²) in [5.41, 5.74) is 8.59. The van der Waals surface area contributed by atoms with Gasteiger partial charge in [-0.25, -0.2) is 0 Å². The molecule has 1 aliphatic carbocycles. The number of hydrogen-bond acceptors (Lipinski definition) is 4. The predicted molar refractivity (Wildman–Crippen MR) is 142 cm³/mol. The average Bonchev–Trinajstić information content (AvgIpc) is 3.01. The maximum atomic E-state index is 12.8. The van der Waals surface area contributed by atoms with Crippen LogP contribution in [0.4, 0.5) is 0 Å². The Bertz CT molecular complexity index is 1180. The summed E-state index contributed by atoms with van der Waals surface area (Å²) in [4.78, 5) is 24.4. The van der Waals surface area contributed by atoms with Crippen LogP contribution in [0.1, 0.15) is 78.6 Å². The highest BCUT2D eigenvalue weighted by Crippen LogP contribution is 2.44. The van der Waals surface area contributed by atoms with E-state index in [2.05, 4.69) is 38.1 Å². The summed E-state index contributed by atoms with van der Waals surface area (Å²) in [5.74, 6) is 0.299. The summed E-state index contributed by atoms with van der Waals surface area (Å²) in [6, 6.07) is 14.1. The first-order valence-electron chi connectivity index (χ1n) is 11.9. The Labute approximate surface area is 203 Å². The minimum atomic E-state index is -2.43. The summed E-state index contributed by atoms with van der Waals surface area (Å²) >= 11 is 0. The molecule has 0 saturated carbocycles. The van der Waals surface area contributed by atoms with Crippen LogP contribution in [0.5, 0.6) is 0 Å². The molecule has 2 aromatic rings. The van der Waals surface area contributed by atoms with E-state index in [0.29, 0.717) is 25.0 Å². The number of ketones is 2. The third kappa shape index (κ3) is 6.98. The van der Waals surface area contributed by atoms with Crippen LogP contribution in [0.3, 0.4) is 0 Å². The quantitative estimate of drug-likeness (QED) is 0.190.